The first-order chi connectivity index (χ1) is 20.6. The maximum atomic E-state index is 10.2. The van der Waals surface area contributed by atoms with E-state index in [1.807, 2.05) is 72.8 Å². The predicted molar refractivity (Wildman–Crippen MR) is 167 cm³/mol. The third-order valence-electron chi connectivity index (χ3n) is 7.94. The first-order valence-corrected chi connectivity index (χ1v) is 13.3. The fourth-order valence-electron chi connectivity index (χ4n) is 5.95. The van der Waals surface area contributed by atoms with Crippen LogP contribution < -0.4 is 0 Å². The Morgan fingerprint density at radius 3 is 1.64 bits per heavy atom. The van der Waals surface area contributed by atoms with Gasteiger partial charge in [0.05, 0.1) is 30.8 Å². The van der Waals surface area contributed by atoms with Crippen LogP contribution in [0.1, 0.15) is 16.7 Å². The highest BCUT2D eigenvalue weighted by molar-refractivity contribution is 6.08. The summed E-state index contributed by atoms with van der Waals surface area (Å²) >= 11 is 0. The average molecular weight is 531 g/mol. The highest BCUT2D eigenvalue weighted by atomic mass is 14.7. The van der Waals surface area contributed by atoms with Gasteiger partial charge < -0.3 is 0 Å². The minimum Gasteiger partial charge on any atom is -0.237 e. The van der Waals surface area contributed by atoms with E-state index in [1.165, 1.54) is 0 Å². The van der Waals surface area contributed by atoms with E-state index in [-0.39, 0.29) is 5.70 Å². The molecular formula is C38H18N4. The second kappa shape index (κ2) is 9.62. The average Bonchev–Trinajstić information content (AvgIpc) is 3.35. The quantitative estimate of drug-likeness (QED) is 0.165. The van der Waals surface area contributed by atoms with Crippen molar-refractivity contribution in [2.24, 2.45) is 0 Å². The Morgan fingerprint density at radius 2 is 1.10 bits per heavy atom. The molecule has 0 aliphatic heterocycles. The van der Waals surface area contributed by atoms with Crippen LogP contribution in [0.25, 0.3) is 70.2 Å². The third-order valence-corrected chi connectivity index (χ3v) is 7.94. The summed E-state index contributed by atoms with van der Waals surface area (Å²) in [6, 6.07) is 40.4. The molecule has 0 bridgehead atoms. The van der Waals surface area contributed by atoms with Crippen LogP contribution in [-0.4, -0.2) is 0 Å². The van der Waals surface area contributed by atoms with Crippen molar-refractivity contribution in [3.8, 4) is 45.5 Å². The molecule has 4 nitrogen and oxygen atoms in total. The highest BCUT2D eigenvalue weighted by Gasteiger charge is 2.30. The van der Waals surface area contributed by atoms with Crippen LogP contribution in [0.5, 0.6) is 0 Å². The Hall–Kier alpha value is -6.46. The van der Waals surface area contributed by atoms with E-state index in [2.05, 4.69) is 46.1 Å². The van der Waals surface area contributed by atoms with E-state index >= 15 is 0 Å². The summed E-state index contributed by atoms with van der Waals surface area (Å²) in [6.45, 7) is 15.7. The third kappa shape index (κ3) is 3.73. The summed E-state index contributed by atoms with van der Waals surface area (Å²) in [6.07, 6.45) is 0. The monoisotopic (exact) mass is 530 g/mol. The molecular weight excluding hydrogens is 512 g/mol. The van der Waals surface area contributed by atoms with Crippen molar-refractivity contribution in [3.05, 3.63) is 154 Å². The molecule has 0 saturated heterocycles. The Morgan fingerprint density at radius 1 is 0.548 bits per heavy atom. The summed E-state index contributed by atoms with van der Waals surface area (Å²) in [5.41, 5.74) is 7.65. The molecule has 0 unspecified atom stereocenters. The van der Waals surface area contributed by atoms with Crippen molar-refractivity contribution < 1.29 is 0 Å². The van der Waals surface area contributed by atoms with E-state index in [9.17, 15) is 10.5 Å². The van der Waals surface area contributed by atoms with Crippen LogP contribution in [0, 0.1) is 35.8 Å². The fraction of sp³-hybridized carbons (Fsp3) is 0. The van der Waals surface area contributed by atoms with Crippen LogP contribution in [0.15, 0.2) is 115 Å². The molecule has 4 heteroatoms. The number of nitrogens with zero attached hydrogens (tertiary/aromatic N) is 4. The molecule has 0 fully saturated rings. The molecule has 7 rings (SSSR count). The molecule has 6 aromatic rings. The maximum absolute atomic E-state index is 10.2. The molecule has 0 radical (unpaired) electrons. The minimum atomic E-state index is -0.0632. The molecule has 0 aromatic heterocycles. The van der Waals surface area contributed by atoms with Crippen molar-refractivity contribution in [3.63, 3.8) is 0 Å². The van der Waals surface area contributed by atoms with Gasteiger partial charge in [0.2, 0.25) is 0 Å². The van der Waals surface area contributed by atoms with Crippen molar-refractivity contribution >= 4 is 32.8 Å². The molecule has 0 amide bonds. The van der Waals surface area contributed by atoms with Gasteiger partial charge in [-0.05, 0) is 90.8 Å². The molecule has 0 spiro atoms. The van der Waals surface area contributed by atoms with Crippen LogP contribution in [0.3, 0.4) is 0 Å². The van der Waals surface area contributed by atoms with Crippen LogP contribution in [0.2, 0.25) is 0 Å². The second-order valence-electron chi connectivity index (χ2n) is 10.2. The van der Waals surface area contributed by atoms with Gasteiger partial charge in [0.15, 0.2) is 5.69 Å². The largest absolute Gasteiger partial charge is 0.270 e. The predicted octanol–water partition coefficient (Wildman–Crippen LogP) is 9.93. The summed E-state index contributed by atoms with van der Waals surface area (Å²) < 4.78 is 0. The fourth-order valence-corrected chi connectivity index (χ4v) is 5.95. The van der Waals surface area contributed by atoms with E-state index < -0.39 is 0 Å². The maximum Gasteiger partial charge on any atom is 0.270 e. The standard InChI is InChI=1S/C38H18N4/c1-41-36-20-35-33(19-31(36)28-14-12-24-8-4-6-10-26(24)16-28)32-18-30(27-13-11-23-7-3-5-9-25(23)15-27)29(21-39)17-34(32)38(35)37(22-40)42-2/h3-20H/b38-37-. The smallest absolute Gasteiger partial charge is 0.237 e. The van der Waals surface area contributed by atoms with Crippen molar-refractivity contribution in [2.45, 2.75) is 0 Å². The molecule has 190 valence electrons. The Balaban J connectivity index is 1.52. The number of hydrogen-bond acceptors (Lipinski definition) is 2. The van der Waals surface area contributed by atoms with E-state index in [4.69, 9.17) is 13.1 Å². The first kappa shape index (κ1) is 24.6. The van der Waals surface area contributed by atoms with Gasteiger partial charge in [0.1, 0.15) is 0 Å². The Kier molecular flexibility index (Phi) is 5.63. The number of hydrogen-bond donors (Lipinski definition) is 0. The van der Waals surface area contributed by atoms with Gasteiger partial charge in [-0.1, -0.05) is 78.9 Å². The lowest BCUT2D eigenvalue weighted by Gasteiger charge is -2.12. The lowest BCUT2D eigenvalue weighted by Crippen LogP contribution is -1.91. The number of rotatable bonds is 2. The number of nitriles is 2. The van der Waals surface area contributed by atoms with Gasteiger partial charge in [-0.3, -0.25) is 0 Å². The molecule has 6 aromatic carbocycles. The molecule has 0 N–H and O–H groups in total. The highest BCUT2D eigenvalue weighted by Crippen LogP contribution is 2.51. The zero-order chi connectivity index (χ0) is 28.8. The molecule has 0 atom stereocenters. The molecule has 1 aliphatic carbocycles. The zero-order valence-electron chi connectivity index (χ0n) is 22.2. The zero-order valence-corrected chi connectivity index (χ0v) is 22.2. The summed E-state index contributed by atoms with van der Waals surface area (Å²) in [5, 5.41) is 24.5. The summed E-state index contributed by atoms with van der Waals surface area (Å²) in [5.74, 6) is 0. The first-order valence-electron chi connectivity index (χ1n) is 13.3. The van der Waals surface area contributed by atoms with Crippen molar-refractivity contribution in [1.29, 1.82) is 10.5 Å². The Labute approximate surface area is 242 Å². The van der Waals surface area contributed by atoms with Gasteiger partial charge in [-0.25, -0.2) is 15.0 Å². The van der Waals surface area contributed by atoms with E-state index in [0.29, 0.717) is 28.0 Å². The van der Waals surface area contributed by atoms with Gasteiger partial charge >= 0.3 is 0 Å². The number of benzene rings is 6. The van der Waals surface area contributed by atoms with Gasteiger partial charge in [-0.15, -0.1) is 0 Å². The number of fused-ring (bicyclic) bond motifs is 5. The van der Waals surface area contributed by atoms with Crippen LogP contribution in [0.4, 0.5) is 5.69 Å². The van der Waals surface area contributed by atoms with Crippen molar-refractivity contribution in [1.82, 2.24) is 0 Å². The van der Waals surface area contributed by atoms with Gasteiger partial charge in [0.25, 0.3) is 5.70 Å². The topological polar surface area (TPSA) is 56.3 Å². The van der Waals surface area contributed by atoms with E-state index in [0.717, 1.165) is 54.9 Å². The van der Waals surface area contributed by atoms with Crippen LogP contribution in [-0.2, 0) is 0 Å². The van der Waals surface area contributed by atoms with Gasteiger partial charge in [-0.2, -0.15) is 5.26 Å². The lowest BCUT2D eigenvalue weighted by atomic mass is 9.91. The molecule has 0 saturated carbocycles. The molecule has 1 aliphatic rings. The summed E-state index contributed by atoms with van der Waals surface area (Å²) in [4.78, 5) is 7.39. The van der Waals surface area contributed by atoms with Gasteiger partial charge in [0, 0.05) is 11.1 Å². The molecule has 0 heterocycles. The van der Waals surface area contributed by atoms with Crippen LogP contribution >= 0.6 is 0 Å². The molecule has 42 heavy (non-hydrogen) atoms. The minimum absolute atomic E-state index is 0.0632. The second-order valence-corrected chi connectivity index (χ2v) is 10.2. The lowest BCUT2D eigenvalue weighted by molar-refractivity contribution is 1.47. The van der Waals surface area contributed by atoms with E-state index in [1.54, 1.807) is 12.1 Å². The Bertz CT molecular complexity index is 2180. The normalized spacial score (nSPS) is 12.5. The SMILES string of the molecule is [C-]#[N+]/C(C#N)=C1/c2cc(C#N)c(-c3ccc4ccccc4c3)cc2-c2cc(-c3ccc4ccccc4c3)c([N+]#[C-])cc21. The number of allylic oxidation sites excluding steroid dienone is 1. The summed E-state index contributed by atoms with van der Waals surface area (Å²) in [7, 11) is 0. The van der Waals surface area contributed by atoms with Crippen molar-refractivity contribution in [2.75, 3.05) is 0 Å².